The number of anilines is 2. The van der Waals surface area contributed by atoms with E-state index in [1.807, 2.05) is 66.0 Å². The monoisotopic (exact) mass is 459 g/mol. The number of thiophene rings is 1. The Labute approximate surface area is 194 Å². The van der Waals surface area contributed by atoms with Crippen molar-refractivity contribution in [2.45, 2.75) is 0 Å². The molecule has 1 aliphatic heterocycles. The Morgan fingerprint density at radius 3 is 2.19 bits per heavy atom. The van der Waals surface area contributed by atoms with Crippen molar-refractivity contribution >= 4 is 45.2 Å². The van der Waals surface area contributed by atoms with Gasteiger partial charge in [0, 0.05) is 27.2 Å². The van der Waals surface area contributed by atoms with E-state index in [-0.39, 0.29) is 5.88 Å². The third-order valence-corrected chi connectivity index (χ3v) is 6.27. The number of carbonyl (C=O) groups excluding carboxylic acids is 1. The van der Waals surface area contributed by atoms with Crippen molar-refractivity contribution < 1.29 is 9.90 Å². The first-order chi connectivity index (χ1) is 15.6. The fraction of sp³-hybridized carbons (Fsp3) is 0. The van der Waals surface area contributed by atoms with Gasteiger partial charge in [-0.15, -0.1) is 11.3 Å². The Bertz CT molecular complexity index is 1300. The van der Waals surface area contributed by atoms with Gasteiger partial charge in [0.25, 0.3) is 0 Å². The van der Waals surface area contributed by atoms with E-state index in [0.717, 1.165) is 32.3 Å². The molecule has 0 unspecified atom stereocenters. The van der Waals surface area contributed by atoms with E-state index in [1.54, 1.807) is 24.3 Å². The lowest BCUT2D eigenvalue weighted by Crippen LogP contribution is -2.41. The lowest BCUT2D eigenvalue weighted by atomic mass is 9.92. The smallest absolute Gasteiger partial charge is 0.347 e. The van der Waals surface area contributed by atoms with Crippen molar-refractivity contribution in [3.05, 3.63) is 112 Å². The van der Waals surface area contributed by atoms with Gasteiger partial charge in [-0.2, -0.15) is 5.01 Å². The molecule has 4 aromatic rings. The Morgan fingerprint density at radius 1 is 0.906 bits per heavy atom. The quantitative estimate of drug-likeness (QED) is 0.303. The zero-order chi connectivity index (χ0) is 22.1. The summed E-state index contributed by atoms with van der Waals surface area (Å²) in [7, 11) is 0. The van der Waals surface area contributed by atoms with Crippen LogP contribution in [0.15, 0.2) is 96.2 Å². The van der Waals surface area contributed by atoms with Crippen LogP contribution in [-0.4, -0.2) is 16.1 Å². The molecule has 0 bridgehead atoms. The Hall–Kier alpha value is -3.74. The molecular formula is C25H18ClN3O2S. The molecule has 0 spiro atoms. The average Bonchev–Trinajstić information content (AvgIpc) is 3.25. The number of hydrogen-bond donors (Lipinski definition) is 3. The number of benzene rings is 3. The van der Waals surface area contributed by atoms with Gasteiger partial charge < -0.3 is 10.4 Å². The summed E-state index contributed by atoms with van der Waals surface area (Å²) >= 11 is 7.42. The minimum Gasteiger partial charge on any atom is -0.493 e. The summed E-state index contributed by atoms with van der Waals surface area (Å²) in [5.74, 6) is -0.175. The molecule has 3 N–H and O–H groups in total. The zero-order valence-corrected chi connectivity index (χ0v) is 18.3. The summed E-state index contributed by atoms with van der Waals surface area (Å²) in [5, 5.41) is 18.6. The standard InChI is InChI=1S/C25H18ClN3O2S/c26-18-11-13-19(14-12-18)27-25(31)29-24(30)21(17-9-5-2-6-10-17)22-20(15-32-23(22)28-29)16-7-3-1-4-8-16/h1-15,28,30H,(H,27,31). The van der Waals surface area contributed by atoms with Crippen LogP contribution >= 0.6 is 22.9 Å². The minimum absolute atomic E-state index is 0.175. The van der Waals surface area contributed by atoms with Crippen LogP contribution in [-0.2, 0) is 0 Å². The van der Waals surface area contributed by atoms with Crippen molar-refractivity contribution in [2.24, 2.45) is 0 Å². The number of aliphatic hydroxyl groups is 1. The van der Waals surface area contributed by atoms with Crippen molar-refractivity contribution in [3.63, 3.8) is 0 Å². The molecule has 158 valence electrons. The van der Waals surface area contributed by atoms with Crippen LogP contribution in [0.5, 0.6) is 0 Å². The van der Waals surface area contributed by atoms with Crippen molar-refractivity contribution in [2.75, 3.05) is 10.7 Å². The molecule has 0 fully saturated rings. The summed E-state index contributed by atoms with van der Waals surface area (Å²) in [6.45, 7) is 0. The van der Waals surface area contributed by atoms with Crippen LogP contribution in [0.4, 0.5) is 15.5 Å². The van der Waals surface area contributed by atoms with E-state index >= 15 is 0 Å². The van der Waals surface area contributed by atoms with Gasteiger partial charge in [-0.25, -0.2) is 4.79 Å². The van der Waals surface area contributed by atoms with E-state index in [0.29, 0.717) is 16.3 Å². The maximum Gasteiger partial charge on any atom is 0.347 e. The van der Waals surface area contributed by atoms with E-state index < -0.39 is 6.03 Å². The normalized spacial score (nSPS) is 12.8. The van der Waals surface area contributed by atoms with Gasteiger partial charge in [0.2, 0.25) is 5.88 Å². The lowest BCUT2D eigenvalue weighted by Gasteiger charge is -2.30. The maximum absolute atomic E-state index is 13.1. The van der Waals surface area contributed by atoms with Crippen LogP contribution in [0.25, 0.3) is 16.7 Å². The van der Waals surface area contributed by atoms with Gasteiger partial charge in [0.1, 0.15) is 5.00 Å². The summed E-state index contributed by atoms with van der Waals surface area (Å²) < 4.78 is 0. The van der Waals surface area contributed by atoms with Crippen LogP contribution in [0.1, 0.15) is 11.1 Å². The first-order valence-corrected chi connectivity index (χ1v) is 11.2. The van der Waals surface area contributed by atoms with Gasteiger partial charge in [0.15, 0.2) is 0 Å². The molecule has 7 heteroatoms. The molecular weight excluding hydrogens is 442 g/mol. The SMILES string of the molecule is O=C(Nc1ccc(Cl)cc1)N1Nc2scc(-c3ccccc3)c2C(c2ccccc2)=C1O. The summed E-state index contributed by atoms with van der Waals surface area (Å²) in [5.41, 5.74) is 7.93. The fourth-order valence-corrected chi connectivity index (χ4v) is 4.72. The molecule has 0 saturated carbocycles. The Kier molecular flexibility index (Phi) is 5.31. The van der Waals surface area contributed by atoms with Crippen molar-refractivity contribution in [1.29, 1.82) is 0 Å². The third kappa shape index (κ3) is 3.70. The summed E-state index contributed by atoms with van der Waals surface area (Å²) in [4.78, 5) is 13.1. The molecule has 32 heavy (non-hydrogen) atoms. The van der Waals surface area contributed by atoms with Gasteiger partial charge in [-0.1, -0.05) is 72.3 Å². The number of aliphatic hydroxyl groups excluding tert-OH is 1. The number of amides is 2. The molecule has 1 aromatic heterocycles. The number of rotatable bonds is 3. The lowest BCUT2D eigenvalue weighted by molar-refractivity contribution is 0.205. The molecule has 0 atom stereocenters. The highest BCUT2D eigenvalue weighted by Crippen LogP contribution is 2.46. The molecule has 5 rings (SSSR count). The predicted octanol–water partition coefficient (Wildman–Crippen LogP) is 7.22. The first kappa shape index (κ1) is 20.2. The number of halogens is 1. The van der Waals surface area contributed by atoms with Crippen molar-refractivity contribution in [1.82, 2.24) is 5.01 Å². The first-order valence-electron chi connectivity index (χ1n) is 9.91. The molecule has 2 amide bonds. The number of urea groups is 1. The molecule has 1 aliphatic rings. The number of fused-ring (bicyclic) bond motifs is 1. The predicted molar refractivity (Wildman–Crippen MR) is 131 cm³/mol. The number of hydrogen-bond acceptors (Lipinski definition) is 4. The maximum atomic E-state index is 13.1. The van der Waals surface area contributed by atoms with E-state index in [4.69, 9.17) is 11.6 Å². The summed E-state index contributed by atoms with van der Waals surface area (Å²) in [6.07, 6.45) is 0. The largest absolute Gasteiger partial charge is 0.493 e. The van der Waals surface area contributed by atoms with Crippen LogP contribution in [0.2, 0.25) is 5.02 Å². The second-order valence-electron chi connectivity index (χ2n) is 7.17. The van der Waals surface area contributed by atoms with Crippen LogP contribution < -0.4 is 10.7 Å². The minimum atomic E-state index is -0.515. The fourth-order valence-electron chi connectivity index (χ4n) is 3.63. The second-order valence-corrected chi connectivity index (χ2v) is 8.48. The molecule has 0 radical (unpaired) electrons. The number of hydrazine groups is 1. The zero-order valence-electron chi connectivity index (χ0n) is 16.7. The number of nitrogens with zero attached hydrogens (tertiary/aromatic N) is 1. The molecule has 3 aromatic carbocycles. The van der Waals surface area contributed by atoms with Crippen LogP contribution in [0, 0.1) is 0 Å². The topological polar surface area (TPSA) is 64.6 Å². The Balaban J connectivity index is 1.60. The van der Waals surface area contributed by atoms with E-state index in [9.17, 15) is 9.90 Å². The van der Waals surface area contributed by atoms with Crippen LogP contribution in [0.3, 0.4) is 0 Å². The summed E-state index contributed by atoms with van der Waals surface area (Å²) in [6, 6.07) is 25.8. The third-order valence-electron chi connectivity index (χ3n) is 5.14. The molecule has 5 nitrogen and oxygen atoms in total. The number of carbonyl (C=O) groups is 1. The highest BCUT2D eigenvalue weighted by atomic mass is 35.5. The van der Waals surface area contributed by atoms with Gasteiger partial charge in [-0.3, -0.25) is 5.43 Å². The number of nitrogens with one attached hydrogen (secondary N) is 2. The highest BCUT2D eigenvalue weighted by Gasteiger charge is 2.33. The van der Waals surface area contributed by atoms with Crippen molar-refractivity contribution in [3.8, 4) is 11.1 Å². The van der Waals surface area contributed by atoms with Gasteiger partial charge >= 0.3 is 6.03 Å². The molecule has 0 saturated heterocycles. The highest BCUT2D eigenvalue weighted by molar-refractivity contribution is 7.15. The average molecular weight is 460 g/mol. The van der Waals surface area contributed by atoms with Gasteiger partial charge in [0.05, 0.1) is 5.57 Å². The van der Waals surface area contributed by atoms with E-state index in [2.05, 4.69) is 10.7 Å². The van der Waals surface area contributed by atoms with Gasteiger partial charge in [-0.05, 0) is 35.4 Å². The molecule has 2 heterocycles. The Morgan fingerprint density at radius 2 is 1.53 bits per heavy atom. The second kappa shape index (κ2) is 8.42. The molecule has 0 aliphatic carbocycles. The van der Waals surface area contributed by atoms with E-state index in [1.165, 1.54) is 11.3 Å².